The maximum Gasteiger partial charge on any atom is 0.416 e. The Balaban J connectivity index is 1.29. The second-order valence-electron chi connectivity index (χ2n) is 9.04. The van der Waals surface area contributed by atoms with Crippen molar-refractivity contribution in [2.24, 2.45) is 0 Å². The van der Waals surface area contributed by atoms with Crippen molar-refractivity contribution in [3.8, 4) is 0 Å². The number of amides is 2. The number of fused-ring (bicyclic) bond motifs is 1. The Labute approximate surface area is 227 Å². The topological polar surface area (TPSA) is 43.9 Å². The third-order valence-electron chi connectivity index (χ3n) is 6.58. The molecule has 38 heavy (non-hydrogen) atoms. The van der Waals surface area contributed by atoms with Gasteiger partial charge in [0.05, 0.1) is 16.2 Å². The lowest BCUT2D eigenvalue weighted by Gasteiger charge is -2.36. The van der Waals surface area contributed by atoms with Crippen LogP contribution in [-0.4, -0.2) is 49.9 Å². The monoisotopic (exact) mass is 557 g/mol. The minimum Gasteiger partial charge on any atom is -0.368 e. The smallest absolute Gasteiger partial charge is 0.368 e. The summed E-state index contributed by atoms with van der Waals surface area (Å²) in [6, 6.07) is 17.6. The fraction of sp³-hybridized carbons (Fsp3) is 0.214. The van der Waals surface area contributed by atoms with Crippen molar-refractivity contribution in [3.63, 3.8) is 0 Å². The molecule has 0 aromatic heterocycles. The first-order valence-electron chi connectivity index (χ1n) is 11.9. The number of carbonyl (C=O) groups is 2. The Morgan fingerprint density at radius 2 is 1.68 bits per heavy atom. The first-order chi connectivity index (χ1) is 18.1. The quantitative estimate of drug-likeness (QED) is 0.348. The molecule has 2 aliphatic heterocycles. The Morgan fingerprint density at radius 3 is 2.34 bits per heavy atom. The number of likely N-dealkylation sites (N-methyl/N-ethyl adjacent to an activating group) is 1. The summed E-state index contributed by atoms with van der Waals surface area (Å²) in [5.41, 5.74) is 1.89. The molecule has 1 fully saturated rings. The van der Waals surface area contributed by atoms with Crippen LogP contribution in [0.5, 0.6) is 0 Å². The van der Waals surface area contributed by atoms with Crippen LogP contribution in [0.25, 0.3) is 6.08 Å². The minimum atomic E-state index is -4.42. The van der Waals surface area contributed by atoms with Crippen LogP contribution in [0.15, 0.2) is 76.5 Å². The second kappa shape index (κ2) is 10.4. The van der Waals surface area contributed by atoms with Gasteiger partial charge < -0.3 is 14.7 Å². The third kappa shape index (κ3) is 5.39. The van der Waals surface area contributed by atoms with Gasteiger partial charge in [-0.05, 0) is 60.2 Å². The molecule has 1 saturated heterocycles. The fourth-order valence-corrected chi connectivity index (χ4v) is 5.75. The van der Waals surface area contributed by atoms with Crippen LogP contribution in [0, 0.1) is 0 Å². The molecule has 0 bridgehead atoms. The van der Waals surface area contributed by atoms with E-state index in [1.165, 1.54) is 28.8 Å². The lowest BCUT2D eigenvalue weighted by molar-refractivity contribution is -0.137. The summed E-state index contributed by atoms with van der Waals surface area (Å²) in [6.45, 7) is 2.49. The zero-order valence-corrected chi connectivity index (χ0v) is 21.9. The number of carbonyl (C=O) groups excluding carboxylic acids is 2. The lowest BCUT2D eigenvalue weighted by atomic mass is 10.1. The number of halogens is 4. The molecule has 3 aromatic rings. The highest BCUT2D eigenvalue weighted by atomic mass is 35.5. The minimum absolute atomic E-state index is 0.101. The predicted octanol–water partition coefficient (Wildman–Crippen LogP) is 6.43. The van der Waals surface area contributed by atoms with Gasteiger partial charge in [0.2, 0.25) is 0 Å². The molecule has 0 atom stereocenters. The molecule has 3 aromatic carbocycles. The van der Waals surface area contributed by atoms with E-state index in [0.29, 0.717) is 52.9 Å². The van der Waals surface area contributed by atoms with Crippen LogP contribution in [0.4, 0.5) is 24.5 Å². The summed E-state index contributed by atoms with van der Waals surface area (Å²) in [7, 11) is 1.62. The van der Waals surface area contributed by atoms with E-state index < -0.39 is 11.7 Å². The van der Waals surface area contributed by atoms with E-state index in [2.05, 4.69) is 4.90 Å². The number of benzene rings is 3. The average molecular weight is 558 g/mol. The van der Waals surface area contributed by atoms with Crippen molar-refractivity contribution in [1.82, 2.24) is 4.90 Å². The van der Waals surface area contributed by atoms with Gasteiger partial charge in [-0.2, -0.15) is 13.2 Å². The van der Waals surface area contributed by atoms with Crippen molar-refractivity contribution < 1.29 is 22.8 Å². The van der Waals surface area contributed by atoms with Gasteiger partial charge in [0.1, 0.15) is 0 Å². The molecule has 2 amide bonds. The molecule has 0 N–H and O–H groups in total. The molecule has 2 heterocycles. The van der Waals surface area contributed by atoms with Gasteiger partial charge in [0, 0.05) is 54.4 Å². The first-order valence-corrected chi connectivity index (χ1v) is 13.1. The molecule has 5 nitrogen and oxygen atoms in total. The van der Waals surface area contributed by atoms with E-state index in [0.717, 1.165) is 22.7 Å². The van der Waals surface area contributed by atoms with Crippen molar-refractivity contribution >= 4 is 52.6 Å². The zero-order chi connectivity index (χ0) is 27.0. The predicted molar refractivity (Wildman–Crippen MR) is 145 cm³/mol. The van der Waals surface area contributed by atoms with Crippen LogP contribution in [0.1, 0.15) is 21.5 Å². The van der Waals surface area contributed by atoms with Gasteiger partial charge >= 0.3 is 6.18 Å². The van der Waals surface area contributed by atoms with Gasteiger partial charge in [0.15, 0.2) is 0 Å². The molecule has 5 rings (SSSR count). The van der Waals surface area contributed by atoms with Crippen LogP contribution >= 0.6 is 23.4 Å². The first kappa shape index (κ1) is 26.2. The van der Waals surface area contributed by atoms with Crippen LogP contribution in [-0.2, 0) is 11.0 Å². The summed E-state index contributed by atoms with van der Waals surface area (Å²) in [5, 5.41) is 0.670. The number of rotatable bonds is 3. The van der Waals surface area contributed by atoms with Crippen molar-refractivity contribution in [2.45, 2.75) is 11.1 Å². The van der Waals surface area contributed by atoms with Crippen molar-refractivity contribution in [2.75, 3.05) is 43.0 Å². The highest BCUT2D eigenvalue weighted by Crippen LogP contribution is 2.42. The molecular formula is C28H23ClF3N3O2S. The number of hydrogen-bond donors (Lipinski definition) is 0. The number of piperazine rings is 1. The number of thioether (sulfide) groups is 1. The number of hydrogen-bond acceptors (Lipinski definition) is 4. The van der Waals surface area contributed by atoms with Gasteiger partial charge in [0.25, 0.3) is 11.8 Å². The van der Waals surface area contributed by atoms with Crippen LogP contribution in [0.2, 0.25) is 5.02 Å². The SMILES string of the molecule is CN1C(=O)/C(=C/c2ccc(C(F)(F)F)cc2)Sc2ccc(C(=O)N3CCN(c4cccc(Cl)c4)CC3)cc21. The number of nitrogens with zero attached hydrogens (tertiary/aromatic N) is 3. The van der Waals surface area contributed by atoms with E-state index in [1.807, 2.05) is 24.3 Å². The molecule has 0 aliphatic carbocycles. The van der Waals surface area contributed by atoms with Gasteiger partial charge in [-0.3, -0.25) is 9.59 Å². The largest absolute Gasteiger partial charge is 0.416 e. The fourth-order valence-electron chi connectivity index (χ4n) is 4.47. The van der Waals surface area contributed by atoms with E-state index in [1.54, 1.807) is 36.2 Å². The molecule has 2 aliphatic rings. The Kier molecular flexibility index (Phi) is 7.15. The Morgan fingerprint density at radius 1 is 0.974 bits per heavy atom. The van der Waals surface area contributed by atoms with E-state index in [9.17, 15) is 22.8 Å². The summed E-state index contributed by atoms with van der Waals surface area (Å²) < 4.78 is 38.6. The Bertz CT molecular complexity index is 1420. The molecule has 0 unspecified atom stereocenters. The third-order valence-corrected chi connectivity index (χ3v) is 7.89. The standard InChI is InChI=1S/C28H23ClF3N3O2S/c1-33-23-16-19(26(36)35-13-11-34(12-14-35)22-4-2-3-21(29)17-22)7-10-24(23)38-25(27(33)37)15-18-5-8-20(9-6-18)28(30,31)32/h2-10,15-17H,11-14H2,1H3/b25-15-. The second-order valence-corrected chi connectivity index (χ2v) is 10.6. The van der Waals surface area contributed by atoms with Crippen molar-refractivity contribution in [3.05, 3.63) is 93.3 Å². The number of anilines is 2. The van der Waals surface area contributed by atoms with Crippen LogP contribution in [0.3, 0.4) is 0 Å². The van der Waals surface area contributed by atoms with E-state index >= 15 is 0 Å². The summed E-state index contributed by atoms with van der Waals surface area (Å²) >= 11 is 7.35. The maximum atomic E-state index is 13.3. The van der Waals surface area contributed by atoms with E-state index in [4.69, 9.17) is 11.6 Å². The molecule has 0 radical (unpaired) electrons. The summed E-state index contributed by atoms with van der Waals surface area (Å²) in [6.07, 6.45) is -2.84. The molecule has 0 saturated carbocycles. The summed E-state index contributed by atoms with van der Waals surface area (Å²) in [4.78, 5) is 32.9. The average Bonchev–Trinajstić information content (AvgIpc) is 2.91. The molecule has 10 heteroatoms. The molecular weight excluding hydrogens is 535 g/mol. The number of alkyl halides is 3. The normalized spacial score (nSPS) is 17.1. The van der Waals surface area contributed by atoms with Gasteiger partial charge in [-0.15, -0.1) is 0 Å². The lowest BCUT2D eigenvalue weighted by Crippen LogP contribution is -2.48. The van der Waals surface area contributed by atoms with Gasteiger partial charge in [-0.25, -0.2) is 0 Å². The molecule has 0 spiro atoms. The molecule has 196 valence electrons. The van der Waals surface area contributed by atoms with E-state index in [-0.39, 0.29) is 11.8 Å². The van der Waals surface area contributed by atoms with Crippen molar-refractivity contribution in [1.29, 1.82) is 0 Å². The zero-order valence-electron chi connectivity index (χ0n) is 20.3. The maximum absolute atomic E-state index is 13.3. The highest BCUT2D eigenvalue weighted by molar-refractivity contribution is 8.04. The highest BCUT2D eigenvalue weighted by Gasteiger charge is 2.31. The Hall–Kier alpha value is -3.43. The van der Waals surface area contributed by atoms with Crippen LogP contribution < -0.4 is 9.80 Å². The summed E-state index contributed by atoms with van der Waals surface area (Å²) in [5.74, 6) is -0.391. The van der Waals surface area contributed by atoms with Gasteiger partial charge in [-0.1, -0.05) is 41.6 Å².